The van der Waals surface area contributed by atoms with E-state index < -0.39 is 17.8 Å². The van der Waals surface area contributed by atoms with Gasteiger partial charge in [-0.1, -0.05) is 17.7 Å². The Morgan fingerprint density at radius 2 is 1.78 bits per heavy atom. The number of carbonyl (C=O) groups is 3. The summed E-state index contributed by atoms with van der Waals surface area (Å²) in [6.07, 6.45) is 0. The average molecular weight is 395 g/mol. The molecule has 1 aliphatic rings. The summed E-state index contributed by atoms with van der Waals surface area (Å²) >= 11 is 9.19. The Kier molecular flexibility index (Phi) is 3.62. The van der Waals surface area contributed by atoms with Gasteiger partial charge in [0.15, 0.2) is 0 Å². The number of rotatable bonds is 2. The van der Waals surface area contributed by atoms with Crippen LogP contribution in [0.2, 0.25) is 5.02 Å². The molecule has 3 rings (SSSR count). The van der Waals surface area contributed by atoms with Crippen molar-refractivity contribution in [2.24, 2.45) is 0 Å². The predicted molar refractivity (Wildman–Crippen MR) is 85.5 cm³/mol. The zero-order valence-corrected chi connectivity index (χ0v) is 13.6. The first-order chi connectivity index (χ1) is 10.8. The summed E-state index contributed by atoms with van der Waals surface area (Å²) in [5.74, 6) is -2.63. The number of fused-ring (bicyclic) bond motifs is 1. The molecule has 0 spiro atoms. The highest BCUT2D eigenvalue weighted by atomic mass is 79.9. The highest BCUT2D eigenvalue weighted by Gasteiger charge is 2.37. The van der Waals surface area contributed by atoms with E-state index in [1.54, 1.807) is 0 Å². The molecule has 0 saturated carbocycles. The Balaban J connectivity index is 2.12. The molecule has 1 aliphatic heterocycles. The number of hydrogen-bond donors (Lipinski definition) is 1. The summed E-state index contributed by atoms with van der Waals surface area (Å²) < 4.78 is 0.437. The van der Waals surface area contributed by atoms with Gasteiger partial charge in [0.25, 0.3) is 11.8 Å². The zero-order valence-electron chi connectivity index (χ0n) is 11.3. The van der Waals surface area contributed by atoms with Crippen molar-refractivity contribution in [3.63, 3.8) is 0 Å². The van der Waals surface area contributed by atoms with Crippen LogP contribution in [0.25, 0.3) is 0 Å². The molecule has 0 atom stereocenters. The zero-order chi connectivity index (χ0) is 16.9. The highest BCUT2D eigenvalue weighted by molar-refractivity contribution is 9.10. The SMILES string of the molecule is Nc1c(Cl)cc(N2C(=O)c3ccc(C(=O)[O-])cc3C2=O)cc1Br. The van der Waals surface area contributed by atoms with E-state index in [2.05, 4.69) is 15.9 Å². The molecule has 2 N–H and O–H groups in total. The summed E-state index contributed by atoms with van der Waals surface area (Å²) in [5.41, 5.74) is 6.17. The molecule has 0 fully saturated rings. The van der Waals surface area contributed by atoms with Crippen LogP contribution in [0.4, 0.5) is 11.4 Å². The number of nitrogens with zero attached hydrogens (tertiary/aromatic N) is 1. The van der Waals surface area contributed by atoms with Crippen molar-refractivity contribution in [3.05, 3.63) is 56.5 Å². The number of nitrogen functional groups attached to an aromatic ring is 1. The van der Waals surface area contributed by atoms with Crippen LogP contribution in [-0.4, -0.2) is 17.8 Å². The number of halogens is 2. The predicted octanol–water partition coefficient (Wildman–Crippen LogP) is 1.85. The lowest BCUT2D eigenvalue weighted by Gasteiger charge is -2.15. The molecule has 0 radical (unpaired) electrons. The van der Waals surface area contributed by atoms with Crippen LogP contribution in [0.5, 0.6) is 0 Å². The topological polar surface area (TPSA) is 104 Å². The summed E-state index contributed by atoms with van der Waals surface area (Å²) in [6.45, 7) is 0. The van der Waals surface area contributed by atoms with Crippen LogP contribution in [0, 0.1) is 0 Å². The van der Waals surface area contributed by atoms with Crippen molar-refractivity contribution in [3.8, 4) is 0 Å². The molecule has 6 nitrogen and oxygen atoms in total. The maximum atomic E-state index is 12.5. The van der Waals surface area contributed by atoms with Crippen LogP contribution in [-0.2, 0) is 0 Å². The quantitative estimate of drug-likeness (QED) is 0.618. The molecule has 0 aromatic heterocycles. The number of carboxylic acid groups (broad SMARTS) is 1. The third-order valence-electron chi connectivity index (χ3n) is 3.44. The molecule has 0 unspecified atom stereocenters. The van der Waals surface area contributed by atoms with Gasteiger partial charge < -0.3 is 15.6 Å². The van der Waals surface area contributed by atoms with Crippen LogP contribution in [0.1, 0.15) is 31.1 Å². The van der Waals surface area contributed by atoms with E-state index in [4.69, 9.17) is 17.3 Å². The third kappa shape index (κ3) is 2.38. The maximum Gasteiger partial charge on any atom is 0.266 e. The van der Waals surface area contributed by atoms with Crippen molar-refractivity contribution in [1.29, 1.82) is 0 Å². The van der Waals surface area contributed by atoms with Gasteiger partial charge in [0.1, 0.15) is 0 Å². The van der Waals surface area contributed by atoms with Gasteiger partial charge in [-0.3, -0.25) is 9.59 Å². The Bertz CT molecular complexity index is 874. The molecule has 1 heterocycles. The second-order valence-corrected chi connectivity index (χ2v) is 6.08. The van der Waals surface area contributed by atoms with E-state index in [0.29, 0.717) is 4.47 Å². The van der Waals surface area contributed by atoms with Gasteiger partial charge in [0, 0.05) is 4.47 Å². The second kappa shape index (κ2) is 5.36. The van der Waals surface area contributed by atoms with Gasteiger partial charge in [0.05, 0.1) is 33.5 Å². The highest BCUT2D eigenvalue weighted by Crippen LogP contribution is 2.36. The molecule has 116 valence electrons. The standard InChI is InChI=1S/C15H8BrClN2O4/c16-10-4-7(5-11(17)12(10)18)19-13(20)8-2-1-6(15(22)23)3-9(8)14(19)21/h1-5H,18H2,(H,22,23)/p-1. The minimum absolute atomic E-state index is 0.000713. The fourth-order valence-corrected chi connectivity index (χ4v) is 3.08. The van der Waals surface area contributed by atoms with Crippen molar-refractivity contribution < 1.29 is 19.5 Å². The van der Waals surface area contributed by atoms with Crippen LogP contribution < -0.4 is 15.7 Å². The Hall–Kier alpha value is -2.38. The fraction of sp³-hybridized carbons (Fsp3) is 0. The van der Waals surface area contributed by atoms with E-state index in [0.717, 1.165) is 11.0 Å². The molecule has 0 bridgehead atoms. The van der Waals surface area contributed by atoms with E-state index in [9.17, 15) is 19.5 Å². The van der Waals surface area contributed by atoms with Crippen molar-refractivity contribution >= 4 is 56.7 Å². The number of benzene rings is 2. The lowest BCUT2D eigenvalue weighted by molar-refractivity contribution is -0.255. The maximum absolute atomic E-state index is 12.5. The second-order valence-electron chi connectivity index (χ2n) is 4.82. The summed E-state index contributed by atoms with van der Waals surface area (Å²) in [4.78, 5) is 36.8. The van der Waals surface area contributed by atoms with Gasteiger partial charge in [-0.25, -0.2) is 4.90 Å². The molecule has 23 heavy (non-hydrogen) atoms. The van der Waals surface area contributed by atoms with E-state index in [1.807, 2.05) is 0 Å². The number of carbonyl (C=O) groups excluding carboxylic acids is 3. The van der Waals surface area contributed by atoms with Crippen LogP contribution >= 0.6 is 27.5 Å². The van der Waals surface area contributed by atoms with E-state index in [1.165, 1.54) is 24.3 Å². The number of imide groups is 1. The average Bonchev–Trinajstić information content (AvgIpc) is 2.75. The number of aromatic carboxylic acids is 1. The summed E-state index contributed by atoms with van der Waals surface area (Å²) in [7, 11) is 0. The molecular weight excluding hydrogens is 388 g/mol. The number of nitrogens with two attached hydrogens (primary N) is 1. The fourth-order valence-electron chi connectivity index (χ4n) is 2.30. The van der Waals surface area contributed by atoms with Gasteiger partial charge in [0.2, 0.25) is 0 Å². The Morgan fingerprint density at radius 1 is 1.13 bits per heavy atom. The van der Waals surface area contributed by atoms with Gasteiger partial charge in [-0.15, -0.1) is 0 Å². The molecule has 0 aliphatic carbocycles. The van der Waals surface area contributed by atoms with Gasteiger partial charge in [-0.05, 0) is 45.8 Å². The summed E-state index contributed by atoms with van der Waals surface area (Å²) in [5, 5.41) is 11.1. The first-order valence-corrected chi connectivity index (χ1v) is 7.47. The lowest BCUT2D eigenvalue weighted by Crippen LogP contribution is -2.29. The molecule has 2 aromatic carbocycles. The van der Waals surface area contributed by atoms with Crippen molar-refractivity contribution in [2.75, 3.05) is 10.6 Å². The Morgan fingerprint density at radius 3 is 2.39 bits per heavy atom. The van der Waals surface area contributed by atoms with Gasteiger partial charge in [-0.2, -0.15) is 0 Å². The first-order valence-electron chi connectivity index (χ1n) is 6.30. The molecule has 8 heteroatoms. The minimum atomic E-state index is -1.43. The number of carboxylic acids is 1. The van der Waals surface area contributed by atoms with E-state index in [-0.39, 0.29) is 33.1 Å². The largest absolute Gasteiger partial charge is 0.545 e. The van der Waals surface area contributed by atoms with Crippen molar-refractivity contribution in [1.82, 2.24) is 0 Å². The smallest absolute Gasteiger partial charge is 0.266 e. The lowest BCUT2D eigenvalue weighted by atomic mass is 10.1. The van der Waals surface area contributed by atoms with Crippen LogP contribution in [0.3, 0.4) is 0 Å². The molecule has 0 saturated heterocycles. The molecule has 2 amide bonds. The normalized spacial score (nSPS) is 13.4. The molecular formula is C15H7BrClN2O4-. The number of hydrogen-bond acceptors (Lipinski definition) is 5. The molecule has 2 aromatic rings. The minimum Gasteiger partial charge on any atom is -0.545 e. The first kappa shape index (κ1) is 15.5. The van der Waals surface area contributed by atoms with Crippen LogP contribution in [0.15, 0.2) is 34.8 Å². The Labute approximate surface area is 143 Å². The summed E-state index contributed by atoms with van der Waals surface area (Å²) in [6, 6.07) is 6.51. The number of anilines is 2. The van der Waals surface area contributed by atoms with E-state index >= 15 is 0 Å². The third-order valence-corrected chi connectivity index (χ3v) is 4.41. The van der Waals surface area contributed by atoms with Crippen molar-refractivity contribution in [2.45, 2.75) is 0 Å². The monoisotopic (exact) mass is 393 g/mol. The van der Waals surface area contributed by atoms with Gasteiger partial charge >= 0.3 is 0 Å². The number of amides is 2.